The highest BCUT2D eigenvalue weighted by Crippen LogP contribution is 2.34. The summed E-state index contributed by atoms with van der Waals surface area (Å²) in [5.41, 5.74) is 2.26. The SMILES string of the molecule is COc1cnc(Cl)cc1-c1cc(C)ncc1C(=O)Nc1nnc(O[C@@H]2CCC[C@H]2O)s1. The van der Waals surface area contributed by atoms with Crippen molar-refractivity contribution < 1.29 is 19.4 Å². The number of nitrogens with zero attached hydrogens (tertiary/aromatic N) is 4. The van der Waals surface area contributed by atoms with Crippen molar-refractivity contribution in [1.82, 2.24) is 20.2 Å². The van der Waals surface area contributed by atoms with Crippen LogP contribution in [0.2, 0.25) is 5.15 Å². The molecule has 0 spiro atoms. The number of aryl methyl sites for hydroxylation is 1. The highest BCUT2D eigenvalue weighted by molar-refractivity contribution is 7.17. The van der Waals surface area contributed by atoms with Crippen LogP contribution >= 0.6 is 22.9 Å². The van der Waals surface area contributed by atoms with Gasteiger partial charge in [-0.25, -0.2) is 4.98 Å². The number of halogens is 1. The van der Waals surface area contributed by atoms with E-state index in [0.29, 0.717) is 34.1 Å². The van der Waals surface area contributed by atoms with Crippen LogP contribution in [0.4, 0.5) is 5.13 Å². The van der Waals surface area contributed by atoms with Crippen LogP contribution < -0.4 is 14.8 Å². The summed E-state index contributed by atoms with van der Waals surface area (Å²) in [5.74, 6) is 0.0619. The molecule has 0 radical (unpaired) electrons. The summed E-state index contributed by atoms with van der Waals surface area (Å²) < 4.78 is 11.1. The zero-order chi connectivity index (χ0) is 22.0. The minimum atomic E-state index is -0.509. The lowest BCUT2D eigenvalue weighted by atomic mass is 10.0. The third-order valence-corrected chi connectivity index (χ3v) is 5.86. The maximum absolute atomic E-state index is 13.0. The first-order valence-corrected chi connectivity index (χ1v) is 10.8. The van der Waals surface area contributed by atoms with Crippen molar-refractivity contribution in [3.8, 4) is 22.1 Å². The fourth-order valence-corrected chi connectivity index (χ4v) is 4.20. The Balaban J connectivity index is 1.58. The topological polar surface area (TPSA) is 119 Å². The second-order valence-corrected chi connectivity index (χ2v) is 8.39. The van der Waals surface area contributed by atoms with Gasteiger partial charge in [-0.1, -0.05) is 16.7 Å². The third-order valence-electron chi connectivity index (χ3n) is 4.93. The number of pyridine rings is 2. The molecular formula is C20H20ClN5O4S. The highest BCUT2D eigenvalue weighted by atomic mass is 35.5. The summed E-state index contributed by atoms with van der Waals surface area (Å²) >= 11 is 7.17. The molecule has 3 aromatic heterocycles. The van der Waals surface area contributed by atoms with Crippen molar-refractivity contribution >= 4 is 34.0 Å². The van der Waals surface area contributed by atoms with Crippen LogP contribution in [0.1, 0.15) is 35.3 Å². The first-order valence-electron chi connectivity index (χ1n) is 9.60. The number of methoxy groups -OCH3 is 1. The molecule has 162 valence electrons. The number of anilines is 1. The Morgan fingerprint density at radius 2 is 2.06 bits per heavy atom. The zero-order valence-electron chi connectivity index (χ0n) is 16.8. The van der Waals surface area contributed by atoms with E-state index in [2.05, 4.69) is 25.5 Å². The van der Waals surface area contributed by atoms with E-state index in [-0.39, 0.29) is 16.4 Å². The van der Waals surface area contributed by atoms with E-state index < -0.39 is 12.0 Å². The van der Waals surface area contributed by atoms with Crippen LogP contribution in [0.15, 0.2) is 24.5 Å². The molecule has 11 heteroatoms. The molecule has 1 amide bonds. The lowest BCUT2D eigenvalue weighted by molar-refractivity contribution is 0.0598. The first kappa shape index (κ1) is 21.4. The average molecular weight is 462 g/mol. The first-order chi connectivity index (χ1) is 14.9. The number of hydrogen-bond acceptors (Lipinski definition) is 9. The molecule has 1 aliphatic carbocycles. The average Bonchev–Trinajstić information content (AvgIpc) is 3.36. The second kappa shape index (κ2) is 9.13. The van der Waals surface area contributed by atoms with E-state index in [1.165, 1.54) is 19.5 Å². The van der Waals surface area contributed by atoms with Gasteiger partial charge in [-0.2, -0.15) is 0 Å². The van der Waals surface area contributed by atoms with Gasteiger partial charge in [0.15, 0.2) is 0 Å². The summed E-state index contributed by atoms with van der Waals surface area (Å²) in [6.45, 7) is 1.83. The number of nitrogens with one attached hydrogen (secondary N) is 1. The number of hydrogen-bond donors (Lipinski definition) is 2. The Hall–Kier alpha value is -2.82. The van der Waals surface area contributed by atoms with Crippen LogP contribution in [0.3, 0.4) is 0 Å². The minimum Gasteiger partial charge on any atom is -0.494 e. The summed E-state index contributed by atoms with van der Waals surface area (Å²) in [6, 6.07) is 3.41. The number of carbonyl (C=O) groups is 1. The van der Waals surface area contributed by atoms with Gasteiger partial charge in [0.2, 0.25) is 5.13 Å². The Morgan fingerprint density at radius 3 is 2.81 bits per heavy atom. The smallest absolute Gasteiger partial charge is 0.296 e. The molecule has 0 saturated heterocycles. The Morgan fingerprint density at radius 1 is 1.23 bits per heavy atom. The lowest BCUT2D eigenvalue weighted by Crippen LogP contribution is -2.25. The summed E-state index contributed by atoms with van der Waals surface area (Å²) in [6.07, 6.45) is 4.55. The van der Waals surface area contributed by atoms with E-state index >= 15 is 0 Å². The van der Waals surface area contributed by atoms with Gasteiger partial charge in [-0.3, -0.25) is 15.1 Å². The van der Waals surface area contributed by atoms with Gasteiger partial charge in [-0.15, -0.1) is 5.10 Å². The van der Waals surface area contributed by atoms with Crippen molar-refractivity contribution in [2.45, 2.75) is 38.4 Å². The molecule has 2 N–H and O–H groups in total. The third kappa shape index (κ3) is 4.76. The van der Waals surface area contributed by atoms with E-state index in [0.717, 1.165) is 29.9 Å². The van der Waals surface area contributed by atoms with Gasteiger partial charge in [0.25, 0.3) is 11.1 Å². The fourth-order valence-electron chi connectivity index (χ4n) is 3.40. The van der Waals surface area contributed by atoms with E-state index in [4.69, 9.17) is 21.1 Å². The van der Waals surface area contributed by atoms with Crippen LogP contribution in [-0.4, -0.2) is 50.5 Å². The Kier molecular flexibility index (Phi) is 6.30. The van der Waals surface area contributed by atoms with Crippen molar-refractivity contribution in [3.05, 3.63) is 40.9 Å². The van der Waals surface area contributed by atoms with E-state index in [1.54, 1.807) is 12.1 Å². The van der Waals surface area contributed by atoms with Gasteiger partial charge >= 0.3 is 0 Å². The van der Waals surface area contributed by atoms with Crippen LogP contribution in [0.5, 0.6) is 10.9 Å². The molecule has 1 aliphatic rings. The number of aliphatic hydroxyl groups is 1. The maximum Gasteiger partial charge on any atom is 0.296 e. The number of amides is 1. The predicted molar refractivity (Wildman–Crippen MR) is 116 cm³/mol. The van der Waals surface area contributed by atoms with Gasteiger partial charge in [0.05, 0.1) is 25.0 Å². The van der Waals surface area contributed by atoms with Crippen LogP contribution in [-0.2, 0) is 0 Å². The lowest BCUT2D eigenvalue weighted by Gasteiger charge is -2.13. The molecule has 0 bridgehead atoms. The van der Waals surface area contributed by atoms with E-state index in [1.807, 2.05) is 6.92 Å². The molecule has 1 fully saturated rings. The molecule has 31 heavy (non-hydrogen) atoms. The van der Waals surface area contributed by atoms with Crippen molar-refractivity contribution in [3.63, 3.8) is 0 Å². The molecule has 0 unspecified atom stereocenters. The van der Waals surface area contributed by atoms with Gasteiger partial charge < -0.3 is 14.6 Å². The number of ether oxygens (including phenoxy) is 2. The molecule has 0 aromatic carbocycles. The number of carbonyl (C=O) groups excluding carboxylic acids is 1. The van der Waals surface area contributed by atoms with Gasteiger partial charge in [0, 0.05) is 23.0 Å². The Labute approximate surface area is 187 Å². The molecule has 1 saturated carbocycles. The van der Waals surface area contributed by atoms with Gasteiger partial charge in [0.1, 0.15) is 17.0 Å². The number of rotatable bonds is 6. The zero-order valence-corrected chi connectivity index (χ0v) is 18.4. The van der Waals surface area contributed by atoms with E-state index in [9.17, 15) is 9.90 Å². The predicted octanol–water partition coefficient (Wildman–Crippen LogP) is 3.51. The molecule has 9 nitrogen and oxygen atoms in total. The molecular weight excluding hydrogens is 442 g/mol. The molecule has 3 heterocycles. The second-order valence-electron chi connectivity index (χ2n) is 7.06. The Bertz CT molecular complexity index is 1110. The molecule has 0 aliphatic heterocycles. The summed E-state index contributed by atoms with van der Waals surface area (Å²) in [4.78, 5) is 21.3. The quantitative estimate of drug-likeness (QED) is 0.535. The molecule has 3 aromatic rings. The highest BCUT2D eigenvalue weighted by Gasteiger charge is 2.28. The normalized spacial score (nSPS) is 18.1. The van der Waals surface area contributed by atoms with Gasteiger partial charge in [-0.05, 0) is 49.7 Å². The molecule has 2 atom stereocenters. The fraction of sp³-hybridized carbons (Fsp3) is 0.350. The van der Waals surface area contributed by atoms with Crippen LogP contribution in [0, 0.1) is 6.92 Å². The number of aromatic nitrogens is 4. The standard InChI is InChI=1S/C20H20ClN5O4S/c1-10-6-11(12-7-17(21)23-9-16(12)29-2)13(8-22-10)18(28)24-19-25-26-20(31-19)30-15-5-3-4-14(15)27/h6-9,14-15,27H,3-5H2,1-2H3,(H,24,25,28)/t14-,15-/m1/s1. The van der Waals surface area contributed by atoms with Crippen LogP contribution in [0.25, 0.3) is 11.1 Å². The minimum absolute atomic E-state index is 0.275. The van der Waals surface area contributed by atoms with Crippen molar-refractivity contribution in [1.29, 1.82) is 0 Å². The number of aliphatic hydroxyl groups excluding tert-OH is 1. The largest absolute Gasteiger partial charge is 0.494 e. The van der Waals surface area contributed by atoms with Crippen molar-refractivity contribution in [2.75, 3.05) is 12.4 Å². The monoisotopic (exact) mass is 461 g/mol. The molecule has 4 rings (SSSR count). The summed E-state index contributed by atoms with van der Waals surface area (Å²) in [5, 5.41) is 21.4. The summed E-state index contributed by atoms with van der Waals surface area (Å²) in [7, 11) is 1.52. The van der Waals surface area contributed by atoms with Crippen molar-refractivity contribution in [2.24, 2.45) is 0 Å². The maximum atomic E-state index is 13.0.